The van der Waals surface area contributed by atoms with Crippen LogP contribution in [-0.2, 0) is 4.74 Å². The summed E-state index contributed by atoms with van der Waals surface area (Å²) < 4.78 is 4.26. The monoisotopic (exact) mass is 281 g/mol. The lowest BCUT2D eigenvalue weighted by molar-refractivity contribution is 0.155. The Balaban J connectivity index is 3.41. The average molecular weight is 281 g/mol. The molecule has 12 heavy (non-hydrogen) atoms. The van der Waals surface area contributed by atoms with Gasteiger partial charge in [-0.15, -0.1) is 6.42 Å². The van der Waals surface area contributed by atoms with Crippen molar-refractivity contribution in [3.05, 3.63) is 0 Å². The Hall–Kier alpha value is -0.440. The summed E-state index contributed by atoms with van der Waals surface area (Å²) >= 11 is 1.86. The van der Waals surface area contributed by atoms with Crippen LogP contribution < -0.4 is 5.32 Å². The maximum atomic E-state index is 10.9. The fourth-order valence-electron chi connectivity index (χ4n) is 0.537. The summed E-state index contributed by atoms with van der Waals surface area (Å²) in [6, 6.07) is 0. The highest BCUT2D eigenvalue weighted by Crippen LogP contribution is 2.00. The maximum Gasteiger partial charge on any atom is 0.409 e. The number of alkyl halides is 1. The predicted octanol–water partition coefficient (Wildman–Crippen LogP) is 1.91. The van der Waals surface area contributed by atoms with Crippen molar-refractivity contribution in [2.24, 2.45) is 0 Å². The molecule has 1 N–H and O–H groups in total. The lowest BCUT2D eigenvalue weighted by Gasteiger charge is -2.06. The van der Waals surface area contributed by atoms with Gasteiger partial charge in [-0.25, -0.2) is 4.79 Å². The Kier molecular flexibility index (Phi) is 6.96. The normalized spacial score (nSPS) is 11.4. The molecule has 4 heteroatoms. The number of hydrogen-bond donors (Lipinski definition) is 1. The first-order valence-corrected chi connectivity index (χ1v) is 5.00. The minimum absolute atomic E-state index is 0.444. The molecule has 0 aliphatic carbocycles. The molecule has 0 aromatic carbocycles. The minimum atomic E-state index is -0.482. The van der Waals surface area contributed by atoms with Crippen LogP contribution in [0.15, 0.2) is 0 Å². The van der Waals surface area contributed by atoms with Crippen LogP contribution in [0.5, 0.6) is 0 Å². The summed E-state index contributed by atoms with van der Waals surface area (Å²) in [5.74, 6) is 2.29. The second kappa shape index (κ2) is 7.22. The van der Waals surface area contributed by atoms with Crippen LogP contribution in [0.3, 0.4) is 0 Å². The third-order valence-corrected chi connectivity index (χ3v) is 1.76. The summed E-state index contributed by atoms with van der Waals surface area (Å²) in [5, 5.41) is 2.59. The van der Waals surface area contributed by atoms with Gasteiger partial charge in [0.25, 0.3) is 0 Å². The fourth-order valence-corrected chi connectivity index (χ4v) is 0.768. The fraction of sp³-hybridized carbons (Fsp3) is 0.625. The largest absolute Gasteiger partial charge is 0.423 e. The maximum absolute atomic E-state index is 10.9. The van der Waals surface area contributed by atoms with Crippen molar-refractivity contribution >= 4 is 28.7 Å². The number of rotatable bonds is 4. The number of nitrogens with one attached hydrogen (secondary N) is 1. The number of carbonyl (C=O) groups is 1. The lowest BCUT2D eigenvalue weighted by Crippen LogP contribution is -2.27. The summed E-state index contributed by atoms with van der Waals surface area (Å²) in [4.78, 5) is 10.9. The van der Waals surface area contributed by atoms with E-state index in [1.54, 1.807) is 0 Å². The van der Waals surface area contributed by atoms with Gasteiger partial charge in [0.05, 0.1) is 0 Å². The highest BCUT2D eigenvalue weighted by Gasteiger charge is 2.05. The molecule has 0 saturated heterocycles. The van der Waals surface area contributed by atoms with Crippen molar-refractivity contribution in [1.29, 1.82) is 0 Å². The number of terminal acetylenes is 1. The Morgan fingerprint density at radius 1 is 1.83 bits per heavy atom. The van der Waals surface area contributed by atoms with E-state index >= 15 is 0 Å². The lowest BCUT2D eigenvalue weighted by atomic mass is 10.3. The molecule has 0 rings (SSSR count). The molecule has 0 radical (unpaired) electrons. The van der Waals surface area contributed by atoms with E-state index in [9.17, 15) is 4.79 Å². The second-order valence-corrected chi connectivity index (χ2v) is 3.30. The summed E-state index contributed by atoms with van der Waals surface area (Å²) in [7, 11) is 0. The van der Waals surface area contributed by atoms with Crippen LogP contribution in [-0.4, -0.2) is 16.7 Å². The quantitative estimate of drug-likeness (QED) is 0.370. The summed E-state index contributed by atoms with van der Waals surface area (Å²) in [6.45, 7) is 2.69. The number of amides is 1. The first kappa shape index (κ1) is 11.6. The van der Waals surface area contributed by atoms with Crippen molar-refractivity contribution in [1.82, 2.24) is 5.32 Å². The van der Waals surface area contributed by atoms with Gasteiger partial charge in [-0.2, -0.15) is 0 Å². The number of ether oxygens (including phenoxy) is 1. The smallest absolute Gasteiger partial charge is 0.409 e. The van der Waals surface area contributed by atoms with Crippen molar-refractivity contribution < 1.29 is 9.53 Å². The Labute approximate surface area is 86.4 Å². The number of unbranched alkanes of at least 4 members (excludes halogenated alkanes) is 1. The molecule has 0 aliphatic heterocycles. The van der Waals surface area contributed by atoms with E-state index < -0.39 is 10.2 Å². The first-order chi connectivity index (χ1) is 5.70. The molecule has 0 aromatic heterocycles. The zero-order chi connectivity index (χ0) is 9.40. The molecule has 0 spiro atoms. The van der Waals surface area contributed by atoms with E-state index in [0.717, 1.165) is 12.8 Å². The van der Waals surface area contributed by atoms with Crippen molar-refractivity contribution in [3.8, 4) is 12.3 Å². The zero-order valence-electron chi connectivity index (χ0n) is 6.97. The molecule has 3 nitrogen and oxygen atoms in total. The average Bonchev–Trinajstić information content (AvgIpc) is 2.05. The SMILES string of the molecule is C#CC(I)OC(=O)NCCCC. The van der Waals surface area contributed by atoms with Crippen LogP contribution in [0.25, 0.3) is 0 Å². The van der Waals surface area contributed by atoms with Crippen LogP contribution in [0.4, 0.5) is 4.79 Å². The molecular formula is C8H12INO2. The van der Waals surface area contributed by atoms with Crippen LogP contribution in [0.1, 0.15) is 19.8 Å². The predicted molar refractivity (Wildman–Crippen MR) is 56.0 cm³/mol. The second-order valence-electron chi connectivity index (χ2n) is 2.17. The van der Waals surface area contributed by atoms with E-state index in [2.05, 4.69) is 18.2 Å². The summed E-state index contributed by atoms with van der Waals surface area (Å²) in [5.41, 5.74) is 0. The molecule has 0 aliphatic rings. The molecule has 1 amide bonds. The van der Waals surface area contributed by atoms with Gasteiger partial charge in [0.2, 0.25) is 4.11 Å². The highest BCUT2D eigenvalue weighted by molar-refractivity contribution is 14.1. The van der Waals surface area contributed by atoms with E-state index in [4.69, 9.17) is 11.2 Å². The highest BCUT2D eigenvalue weighted by atomic mass is 127. The molecule has 0 heterocycles. The molecule has 0 aromatic rings. The van der Waals surface area contributed by atoms with E-state index in [0.29, 0.717) is 6.54 Å². The van der Waals surface area contributed by atoms with Crippen LogP contribution in [0.2, 0.25) is 0 Å². The van der Waals surface area contributed by atoms with Crippen molar-refractivity contribution in [2.45, 2.75) is 23.9 Å². The van der Waals surface area contributed by atoms with Gasteiger partial charge >= 0.3 is 6.09 Å². The summed E-state index contributed by atoms with van der Waals surface area (Å²) in [6.07, 6.45) is 6.57. The van der Waals surface area contributed by atoms with Gasteiger partial charge in [-0.05, 0) is 29.0 Å². The Morgan fingerprint density at radius 3 is 3.00 bits per heavy atom. The van der Waals surface area contributed by atoms with Gasteiger partial charge in [-0.1, -0.05) is 19.3 Å². The minimum Gasteiger partial charge on any atom is -0.423 e. The van der Waals surface area contributed by atoms with E-state index in [1.165, 1.54) is 0 Å². The third kappa shape index (κ3) is 6.28. The topological polar surface area (TPSA) is 38.3 Å². The first-order valence-electron chi connectivity index (χ1n) is 3.75. The van der Waals surface area contributed by atoms with Crippen LogP contribution in [0, 0.1) is 12.3 Å². The third-order valence-electron chi connectivity index (χ3n) is 1.14. The van der Waals surface area contributed by atoms with Gasteiger partial charge in [0, 0.05) is 6.54 Å². The Morgan fingerprint density at radius 2 is 2.50 bits per heavy atom. The van der Waals surface area contributed by atoms with Crippen molar-refractivity contribution in [2.75, 3.05) is 6.54 Å². The zero-order valence-corrected chi connectivity index (χ0v) is 9.13. The molecule has 1 atom stereocenters. The molecule has 68 valence electrons. The number of carbonyl (C=O) groups excluding carboxylic acids is 1. The Bertz CT molecular complexity index is 176. The van der Waals surface area contributed by atoms with Crippen LogP contribution >= 0.6 is 22.6 Å². The van der Waals surface area contributed by atoms with Gasteiger partial charge in [0.1, 0.15) is 0 Å². The van der Waals surface area contributed by atoms with Gasteiger partial charge in [0.15, 0.2) is 0 Å². The standard InChI is InChI=1S/C8H12INO2/c1-3-5-6-10-8(11)12-7(9)4-2/h2,7H,3,5-6H2,1H3,(H,10,11). The van der Waals surface area contributed by atoms with E-state index in [-0.39, 0.29) is 0 Å². The molecular weight excluding hydrogens is 269 g/mol. The number of halogens is 1. The molecule has 0 fully saturated rings. The molecule has 1 unspecified atom stereocenters. The number of hydrogen-bond acceptors (Lipinski definition) is 2. The molecule has 0 bridgehead atoms. The van der Waals surface area contributed by atoms with E-state index in [1.807, 2.05) is 22.6 Å². The molecule has 0 saturated carbocycles. The van der Waals surface area contributed by atoms with Crippen molar-refractivity contribution in [3.63, 3.8) is 0 Å². The van der Waals surface area contributed by atoms with Gasteiger partial charge in [-0.3, -0.25) is 0 Å². The number of alkyl carbamates (subject to hydrolysis) is 1. The van der Waals surface area contributed by atoms with Gasteiger partial charge < -0.3 is 10.1 Å².